The smallest absolute Gasteiger partial charge is 0.128 e. The van der Waals surface area contributed by atoms with Gasteiger partial charge in [0.05, 0.1) is 7.11 Å². The van der Waals surface area contributed by atoms with Gasteiger partial charge in [0, 0.05) is 17.7 Å². The minimum Gasteiger partial charge on any atom is -0.497 e. The van der Waals surface area contributed by atoms with Crippen LogP contribution >= 0.6 is 0 Å². The molecule has 3 heteroatoms. The van der Waals surface area contributed by atoms with Gasteiger partial charge in [-0.3, -0.25) is 0 Å². The summed E-state index contributed by atoms with van der Waals surface area (Å²) in [5, 5.41) is 0. The maximum atomic E-state index is 5.87. The van der Waals surface area contributed by atoms with E-state index in [-0.39, 0.29) is 6.04 Å². The molecule has 0 unspecified atom stereocenters. The van der Waals surface area contributed by atoms with Crippen molar-refractivity contribution in [3.8, 4) is 11.5 Å². The van der Waals surface area contributed by atoms with Crippen LogP contribution in [0.15, 0.2) is 30.4 Å². The van der Waals surface area contributed by atoms with Crippen LogP contribution in [0, 0.1) is 0 Å². The molecule has 16 heavy (non-hydrogen) atoms. The molecule has 2 N–H and O–H groups in total. The fourth-order valence-corrected chi connectivity index (χ4v) is 1.34. The largest absolute Gasteiger partial charge is 0.497 e. The van der Waals surface area contributed by atoms with Gasteiger partial charge in [0.1, 0.15) is 18.1 Å². The van der Waals surface area contributed by atoms with Crippen molar-refractivity contribution in [1.82, 2.24) is 0 Å². The highest BCUT2D eigenvalue weighted by atomic mass is 16.5. The van der Waals surface area contributed by atoms with Gasteiger partial charge in [0.2, 0.25) is 0 Å². The van der Waals surface area contributed by atoms with Crippen LogP contribution in [0.2, 0.25) is 0 Å². The first kappa shape index (κ1) is 12.6. The lowest BCUT2D eigenvalue weighted by molar-refractivity contribution is 0.342. The highest BCUT2D eigenvalue weighted by Gasteiger charge is 2.09. The first-order valence-corrected chi connectivity index (χ1v) is 5.25. The highest BCUT2D eigenvalue weighted by molar-refractivity contribution is 5.42. The Kier molecular flexibility index (Phi) is 4.38. The number of methoxy groups -OCH3 is 1. The van der Waals surface area contributed by atoms with E-state index in [1.807, 2.05) is 32.0 Å². The van der Waals surface area contributed by atoms with Crippen molar-refractivity contribution in [3.63, 3.8) is 0 Å². The second-order valence-electron chi connectivity index (χ2n) is 3.94. The van der Waals surface area contributed by atoms with Gasteiger partial charge in [0.15, 0.2) is 0 Å². The second-order valence-corrected chi connectivity index (χ2v) is 3.94. The Labute approximate surface area is 96.9 Å². The molecular weight excluding hydrogens is 202 g/mol. The number of nitrogens with two attached hydrogens (primary N) is 1. The van der Waals surface area contributed by atoms with Crippen LogP contribution in [0.1, 0.15) is 25.5 Å². The van der Waals surface area contributed by atoms with E-state index >= 15 is 0 Å². The summed E-state index contributed by atoms with van der Waals surface area (Å²) in [5.41, 5.74) is 7.81. The van der Waals surface area contributed by atoms with E-state index in [2.05, 4.69) is 6.58 Å². The third-order valence-corrected chi connectivity index (χ3v) is 2.19. The zero-order valence-corrected chi connectivity index (χ0v) is 10.1. The molecule has 1 rings (SSSR count). The highest BCUT2D eigenvalue weighted by Crippen LogP contribution is 2.28. The van der Waals surface area contributed by atoms with Gasteiger partial charge >= 0.3 is 0 Å². The van der Waals surface area contributed by atoms with Crippen LogP contribution < -0.4 is 15.2 Å². The molecule has 0 spiro atoms. The second kappa shape index (κ2) is 5.56. The first-order chi connectivity index (χ1) is 7.54. The average molecular weight is 221 g/mol. The molecule has 0 radical (unpaired) electrons. The zero-order chi connectivity index (χ0) is 12.1. The van der Waals surface area contributed by atoms with Gasteiger partial charge in [-0.15, -0.1) is 0 Å². The molecule has 0 saturated heterocycles. The molecular formula is C13H19NO2. The van der Waals surface area contributed by atoms with E-state index in [4.69, 9.17) is 15.2 Å². The molecule has 0 bridgehead atoms. The summed E-state index contributed by atoms with van der Waals surface area (Å²) >= 11 is 0. The Morgan fingerprint density at radius 2 is 2.19 bits per heavy atom. The fourth-order valence-electron chi connectivity index (χ4n) is 1.34. The molecule has 0 saturated carbocycles. The third kappa shape index (κ3) is 3.28. The molecule has 0 heterocycles. The Hall–Kier alpha value is -1.48. The van der Waals surface area contributed by atoms with Crippen molar-refractivity contribution >= 4 is 0 Å². The number of hydrogen-bond donors (Lipinski definition) is 1. The summed E-state index contributed by atoms with van der Waals surface area (Å²) in [4.78, 5) is 0. The summed E-state index contributed by atoms with van der Waals surface area (Å²) in [6.45, 7) is 8.14. The van der Waals surface area contributed by atoms with Gasteiger partial charge in [-0.05, 0) is 25.5 Å². The topological polar surface area (TPSA) is 44.5 Å². The quantitative estimate of drug-likeness (QED) is 0.777. The van der Waals surface area contributed by atoms with Crippen molar-refractivity contribution < 1.29 is 9.47 Å². The van der Waals surface area contributed by atoms with Crippen LogP contribution in [0.25, 0.3) is 0 Å². The van der Waals surface area contributed by atoms with Gasteiger partial charge in [-0.25, -0.2) is 0 Å². The maximum absolute atomic E-state index is 5.87. The molecule has 1 atom stereocenters. The molecule has 1 aromatic carbocycles. The number of hydrogen-bond acceptors (Lipinski definition) is 3. The summed E-state index contributed by atoms with van der Waals surface area (Å²) in [5.74, 6) is 1.53. The third-order valence-electron chi connectivity index (χ3n) is 2.19. The van der Waals surface area contributed by atoms with Crippen LogP contribution in [0.3, 0.4) is 0 Å². The fraction of sp³-hybridized carbons (Fsp3) is 0.385. The predicted octanol–water partition coefficient (Wildman–Crippen LogP) is 2.67. The minimum absolute atomic E-state index is 0.0639. The Balaban J connectivity index is 2.95. The SMILES string of the molecule is C=C(C)COc1cc(OC)ccc1[C@H](C)N. The summed E-state index contributed by atoms with van der Waals surface area (Å²) in [6.07, 6.45) is 0. The Morgan fingerprint density at radius 1 is 1.50 bits per heavy atom. The van der Waals surface area contributed by atoms with E-state index in [0.29, 0.717) is 6.61 Å². The van der Waals surface area contributed by atoms with Crippen molar-refractivity contribution in [2.45, 2.75) is 19.9 Å². The average Bonchev–Trinajstić information content (AvgIpc) is 2.25. The Morgan fingerprint density at radius 3 is 2.69 bits per heavy atom. The maximum Gasteiger partial charge on any atom is 0.128 e. The van der Waals surface area contributed by atoms with E-state index in [0.717, 1.165) is 22.6 Å². The molecule has 88 valence electrons. The zero-order valence-electron chi connectivity index (χ0n) is 10.1. The summed E-state index contributed by atoms with van der Waals surface area (Å²) in [6, 6.07) is 5.59. The molecule has 0 aromatic heterocycles. The lowest BCUT2D eigenvalue weighted by atomic mass is 10.1. The van der Waals surface area contributed by atoms with E-state index in [1.165, 1.54) is 0 Å². The predicted molar refractivity (Wildman–Crippen MR) is 65.9 cm³/mol. The van der Waals surface area contributed by atoms with Gasteiger partial charge < -0.3 is 15.2 Å². The van der Waals surface area contributed by atoms with Gasteiger partial charge in [-0.2, -0.15) is 0 Å². The lowest BCUT2D eigenvalue weighted by Gasteiger charge is -2.15. The van der Waals surface area contributed by atoms with Crippen LogP contribution in [0.5, 0.6) is 11.5 Å². The lowest BCUT2D eigenvalue weighted by Crippen LogP contribution is -2.09. The van der Waals surface area contributed by atoms with Gasteiger partial charge in [-0.1, -0.05) is 12.6 Å². The Bertz CT molecular complexity index is 372. The molecule has 0 amide bonds. The monoisotopic (exact) mass is 221 g/mol. The first-order valence-electron chi connectivity index (χ1n) is 5.25. The van der Waals surface area contributed by atoms with Crippen LogP contribution in [0.4, 0.5) is 0 Å². The van der Waals surface area contributed by atoms with Crippen LogP contribution in [-0.2, 0) is 0 Å². The normalized spacial score (nSPS) is 12.0. The number of ether oxygens (including phenoxy) is 2. The van der Waals surface area contributed by atoms with Crippen LogP contribution in [-0.4, -0.2) is 13.7 Å². The van der Waals surface area contributed by atoms with Crippen molar-refractivity contribution in [3.05, 3.63) is 35.9 Å². The van der Waals surface area contributed by atoms with E-state index < -0.39 is 0 Å². The van der Waals surface area contributed by atoms with E-state index in [1.54, 1.807) is 7.11 Å². The number of rotatable bonds is 5. The molecule has 1 aromatic rings. The minimum atomic E-state index is -0.0639. The standard InChI is InChI=1S/C13H19NO2/c1-9(2)8-16-13-7-11(15-4)5-6-12(13)10(3)14/h5-7,10H,1,8,14H2,2-4H3/t10-/m0/s1. The molecule has 0 fully saturated rings. The molecule has 0 aliphatic rings. The van der Waals surface area contributed by atoms with Crippen molar-refractivity contribution in [2.75, 3.05) is 13.7 Å². The molecule has 0 aliphatic carbocycles. The summed E-state index contributed by atoms with van der Waals surface area (Å²) < 4.78 is 10.8. The molecule has 3 nitrogen and oxygen atoms in total. The molecule has 0 aliphatic heterocycles. The van der Waals surface area contributed by atoms with Crippen molar-refractivity contribution in [2.24, 2.45) is 5.73 Å². The van der Waals surface area contributed by atoms with Crippen molar-refractivity contribution in [1.29, 1.82) is 0 Å². The van der Waals surface area contributed by atoms with E-state index in [9.17, 15) is 0 Å². The summed E-state index contributed by atoms with van der Waals surface area (Å²) in [7, 11) is 1.63. The van der Waals surface area contributed by atoms with Gasteiger partial charge in [0.25, 0.3) is 0 Å². The number of benzene rings is 1.